The molecular weight excluding hydrogens is 602 g/mol. The molecule has 0 aromatic carbocycles. The summed E-state index contributed by atoms with van der Waals surface area (Å²) in [6.07, 6.45) is 9.78. The summed E-state index contributed by atoms with van der Waals surface area (Å²) in [7, 11) is 3.44. The van der Waals surface area contributed by atoms with Gasteiger partial charge in [0.2, 0.25) is 11.8 Å². The Bertz CT molecular complexity index is 1470. The molecule has 2 amide bonds. The molecule has 2 saturated heterocycles. The van der Waals surface area contributed by atoms with Gasteiger partial charge in [0, 0.05) is 31.9 Å². The van der Waals surface area contributed by atoms with Crippen LogP contribution in [-0.4, -0.2) is 102 Å². The van der Waals surface area contributed by atoms with Gasteiger partial charge in [-0.1, -0.05) is 33.6 Å². The van der Waals surface area contributed by atoms with Crippen molar-refractivity contribution in [1.82, 2.24) is 25.1 Å². The molecule has 1 saturated carbocycles. The minimum atomic E-state index is -0.923. The SMILES string of the molecule is COC(=O)[C@@H]1C[C@@H]2CN1C(=O)[C@H](C(C)(C)C)NC(=O)O[C@H]1C[C@@H]1CCCCCc1c(nc3ccncc3c1OC1CCN(C)CC1)O2. The monoisotopic (exact) mass is 651 g/mol. The Morgan fingerprint density at radius 1 is 1.06 bits per heavy atom. The highest BCUT2D eigenvalue weighted by molar-refractivity contribution is 5.91. The van der Waals surface area contributed by atoms with E-state index in [1.54, 1.807) is 6.20 Å². The van der Waals surface area contributed by atoms with Crippen molar-refractivity contribution in [2.75, 3.05) is 33.8 Å². The maximum Gasteiger partial charge on any atom is 0.408 e. The molecule has 0 radical (unpaired) electrons. The minimum Gasteiger partial charge on any atom is -0.489 e. The Morgan fingerprint density at radius 3 is 2.60 bits per heavy atom. The van der Waals surface area contributed by atoms with Crippen LogP contribution in [0.5, 0.6) is 11.6 Å². The number of amides is 2. The first-order valence-electron chi connectivity index (χ1n) is 17.2. The zero-order valence-electron chi connectivity index (χ0n) is 28.3. The Morgan fingerprint density at radius 2 is 1.85 bits per heavy atom. The lowest BCUT2D eigenvalue weighted by Gasteiger charge is -2.34. The van der Waals surface area contributed by atoms with Gasteiger partial charge in [-0.05, 0) is 63.0 Å². The van der Waals surface area contributed by atoms with Gasteiger partial charge >= 0.3 is 12.1 Å². The molecule has 1 N–H and O–H groups in total. The molecule has 256 valence electrons. The first kappa shape index (κ1) is 33.2. The summed E-state index contributed by atoms with van der Waals surface area (Å²) in [6.45, 7) is 7.70. The standard InChI is InChI=1S/C35H49N5O7/c1-35(2,3)30-32(41)40-20-23(18-27(40)33(42)44-5)46-31-24(10-8-6-7-9-21-17-28(21)47-34(43)38-30)29(25-19-36-14-11-26(25)37-31)45-22-12-15-39(4)16-13-22/h11,14,19,21-23,27-28,30H,6-10,12-13,15-18,20H2,1-5H3,(H,38,43)/t21-,23+,27-,28-,30+/m0/s1. The maximum absolute atomic E-state index is 14.2. The molecule has 5 atom stereocenters. The highest BCUT2D eigenvalue weighted by atomic mass is 16.6. The van der Waals surface area contributed by atoms with Crippen molar-refractivity contribution in [2.45, 2.75) is 109 Å². The van der Waals surface area contributed by atoms with Crippen LogP contribution in [0.4, 0.5) is 4.79 Å². The number of hydrogen-bond acceptors (Lipinski definition) is 10. The number of esters is 1. The molecule has 6 rings (SSSR count). The lowest BCUT2D eigenvalue weighted by Crippen LogP contribution is -2.57. The van der Waals surface area contributed by atoms with Crippen LogP contribution < -0.4 is 14.8 Å². The average molecular weight is 652 g/mol. The zero-order valence-corrected chi connectivity index (χ0v) is 28.3. The second kappa shape index (κ2) is 13.8. The number of hydrogen-bond donors (Lipinski definition) is 1. The molecule has 3 aliphatic heterocycles. The number of pyridine rings is 2. The number of rotatable bonds is 3. The molecule has 47 heavy (non-hydrogen) atoms. The van der Waals surface area contributed by atoms with Crippen molar-refractivity contribution in [3.8, 4) is 11.6 Å². The smallest absolute Gasteiger partial charge is 0.408 e. The van der Waals surface area contributed by atoms with E-state index in [1.807, 2.05) is 33.0 Å². The van der Waals surface area contributed by atoms with Crippen LogP contribution in [0.2, 0.25) is 0 Å². The third-order valence-corrected chi connectivity index (χ3v) is 10.0. The van der Waals surface area contributed by atoms with Gasteiger partial charge in [-0.3, -0.25) is 9.78 Å². The van der Waals surface area contributed by atoms with Crippen molar-refractivity contribution in [3.63, 3.8) is 0 Å². The minimum absolute atomic E-state index is 0.0637. The molecule has 3 fully saturated rings. The third kappa shape index (κ3) is 7.58. The van der Waals surface area contributed by atoms with Gasteiger partial charge in [0.25, 0.3) is 0 Å². The van der Waals surface area contributed by atoms with E-state index in [0.717, 1.165) is 80.3 Å². The lowest BCUT2D eigenvalue weighted by molar-refractivity contribution is -0.152. The molecule has 4 aliphatic rings. The summed E-state index contributed by atoms with van der Waals surface area (Å²) in [5.74, 6) is 0.640. The summed E-state index contributed by atoms with van der Waals surface area (Å²) in [5, 5.41) is 3.68. The molecule has 1 aliphatic carbocycles. The molecule has 12 heteroatoms. The molecule has 12 nitrogen and oxygen atoms in total. The normalized spacial score (nSPS) is 28.2. The van der Waals surface area contributed by atoms with E-state index in [2.05, 4.69) is 22.2 Å². The number of carbonyl (C=O) groups excluding carboxylic acids is 3. The van der Waals surface area contributed by atoms with Gasteiger partial charge < -0.3 is 34.1 Å². The Kier molecular flexibility index (Phi) is 9.77. The van der Waals surface area contributed by atoms with Crippen molar-refractivity contribution in [3.05, 3.63) is 24.0 Å². The van der Waals surface area contributed by atoms with Gasteiger partial charge in [-0.2, -0.15) is 0 Å². The van der Waals surface area contributed by atoms with E-state index in [4.69, 9.17) is 23.9 Å². The Balaban J connectivity index is 1.37. The summed E-state index contributed by atoms with van der Waals surface area (Å²) in [5.41, 5.74) is 0.966. The van der Waals surface area contributed by atoms with E-state index in [0.29, 0.717) is 18.2 Å². The van der Waals surface area contributed by atoms with E-state index in [1.165, 1.54) is 12.0 Å². The number of ether oxygens (including phenoxy) is 4. The predicted octanol–water partition coefficient (Wildman–Crippen LogP) is 4.27. The van der Waals surface area contributed by atoms with Gasteiger partial charge in [0.05, 0.1) is 30.1 Å². The van der Waals surface area contributed by atoms with Gasteiger partial charge in [0.1, 0.15) is 36.1 Å². The van der Waals surface area contributed by atoms with Crippen LogP contribution in [0.15, 0.2) is 18.5 Å². The first-order chi connectivity index (χ1) is 22.5. The number of likely N-dealkylation sites (tertiary alicyclic amines) is 1. The molecule has 0 spiro atoms. The summed E-state index contributed by atoms with van der Waals surface area (Å²) < 4.78 is 24.4. The number of piperidine rings is 1. The Labute approximate surface area is 276 Å². The largest absolute Gasteiger partial charge is 0.489 e. The van der Waals surface area contributed by atoms with E-state index < -0.39 is 35.7 Å². The number of aromatic nitrogens is 2. The van der Waals surface area contributed by atoms with Crippen molar-refractivity contribution >= 4 is 28.9 Å². The second-order valence-corrected chi connectivity index (χ2v) is 14.7. The highest BCUT2D eigenvalue weighted by Crippen LogP contribution is 2.41. The molecule has 5 heterocycles. The van der Waals surface area contributed by atoms with Crippen LogP contribution in [0.25, 0.3) is 10.9 Å². The predicted molar refractivity (Wildman–Crippen MR) is 174 cm³/mol. The number of carbonyl (C=O) groups is 3. The van der Waals surface area contributed by atoms with E-state index in [-0.39, 0.29) is 31.1 Å². The summed E-state index contributed by atoms with van der Waals surface area (Å²) in [6, 6.07) is 0.0600. The number of fused-ring (bicyclic) bond motifs is 5. The summed E-state index contributed by atoms with van der Waals surface area (Å²) in [4.78, 5) is 53.4. The topological polar surface area (TPSA) is 132 Å². The van der Waals surface area contributed by atoms with Crippen LogP contribution in [0.1, 0.15) is 77.7 Å². The van der Waals surface area contributed by atoms with Crippen molar-refractivity contribution in [1.29, 1.82) is 0 Å². The van der Waals surface area contributed by atoms with Crippen LogP contribution in [0.3, 0.4) is 0 Å². The highest BCUT2D eigenvalue weighted by Gasteiger charge is 2.47. The quantitative estimate of drug-likeness (QED) is 0.480. The summed E-state index contributed by atoms with van der Waals surface area (Å²) >= 11 is 0. The average Bonchev–Trinajstić information content (AvgIpc) is 3.63. The number of nitrogens with one attached hydrogen (secondary N) is 1. The van der Waals surface area contributed by atoms with E-state index in [9.17, 15) is 14.4 Å². The number of alkyl carbamates (subject to hydrolysis) is 1. The molecular formula is C35H49N5O7. The van der Waals surface area contributed by atoms with Gasteiger partial charge in [-0.25, -0.2) is 14.6 Å². The van der Waals surface area contributed by atoms with Crippen molar-refractivity contribution < 1.29 is 33.3 Å². The van der Waals surface area contributed by atoms with Gasteiger partial charge in [0.15, 0.2) is 0 Å². The first-order valence-corrected chi connectivity index (χ1v) is 17.2. The van der Waals surface area contributed by atoms with Crippen LogP contribution in [-0.2, 0) is 25.5 Å². The molecule has 2 bridgehead atoms. The lowest BCUT2D eigenvalue weighted by atomic mass is 9.85. The van der Waals surface area contributed by atoms with Gasteiger partial charge in [-0.15, -0.1) is 0 Å². The molecule has 2 aromatic heterocycles. The fourth-order valence-electron chi connectivity index (χ4n) is 7.12. The van der Waals surface area contributed by atoms with Crippen LogP contribution >= 0.6 is 0 Å². The van der Waals surface area contributed by atoms with Crippen LogP contribution in [0, 0.1) is 11.3 Å². The molecule has 2 aromatic rings. The fourth-order valence-corrected chi connectivity index (χ4v) is 7.12. The maximum atomic E-state index is 14.2. The van der Waals surface area contributed by atoms with Crippen molar-refractivity contribution in [2.24, 2.45) is 11.3 Å². The zero-order chi connectivity index (χ0) is 33.3. The second-order valence-electron chi connectivity index (χ2n) is 14.7. The van der Waals surface area contributed by atoms with E-state index >= 15 is 0 Å². The fraction of sp³-hybridized carbons (Fsp3) is 0.686. The molecule has 0 unspecified atom stereocenters. The third-order valence-electron chi connectivity index (χ3n) is 10.0. The Hall–Kier alpha value is -3.67. The number of nitrogens with zero attached hydrogens (tertiary/aromatic N) is 4. The number of methoxy groups -OCH3 is 1.